The Hall–Kier alpha value is -2.04. The Balaban J connectivity index is 2.62. The molecule has 102 valence electrons. The summed E-state index contributed by atoms with van der Waals surface area (Å²) >= 11 is 0. The topological polar surface area (TPSA) is 61.6 Å². The van der Waals surface area contributed by atoms with Gasteiger partial charge in [-0.1, -0.05) is 13.3 Å². The van der Waals surface area contributed by atoms with Crippen LogP contribution >= 0.6 is 0 Å². The van der Waals surface area contributed by atoms with Crippen molar-refractivity contribution in [3.63, 3.8) is 0 Å². The predicted molar refractivity (Wildman–Crippen MR) is 72.0 cm³/mol. The van der Waals surface area contributed by atoms with Crippen LogP contribution in [0.1, 0.15) is 25.7 Å². The Bertz CT molecular complexity index is 633. The van der Waals surface area contributed by atoms with E-state index in [-0.39, 0.29) is 5.56 Å². The van der Waals surface area contributed by atoms with Gasteiger partial charge in [0.05, 0.1) is 14.2 Å². The van der Waals surface area contributed by atoms with Gasteiger partial charge in [0, 0.05) is 6.42 Å². The first-order valence-corrected chi connectivity index (χ1v) is 6.26. The SMILES string of the molecule is CCCCc1nc(=O)c2c(OC)c(OC)ccc2o1. The van der Waals surface area contributed by atoms with Crippen molar-refractivity contribution in [2.45, 2.75) is 26.2 Å². The molecule has 2 rings (SSSR count). The molecule has 1 aromatic carbocycles. The zero-order valence-corrected chi connectivity index (χ0v) is 11.4. The van der Waals surface area contributed by atoms with Crippen LogP contribution in [0, 0.1) is 0 Å². The second-order valence-corrected chi connectivity index (χ2v) is 4.19. The van der Waals surface area contributed by atoms with Crippen LogP contribution in [0.15, 0.2) is 21.3 Å². The van der Waals surface area contributed by atoms with Crippen molar-refractivity contribution in [2.24, 2.45) is 0 Å². The molecule has 5 nitrogen and oxygen atoms in total. The number of aromatic nitrogens is 1. The quantitative estimate of drug-likeness (QED) is 0.829. The van der Waals surface area contributed by atoms with Gasteiger partial charge in [-0.15, -0.1) is 0 Å². The van der Waals surface area contributed by atoms with E-state index in [0.717, 1.165) is 12.8 Å². The number of rotatable bonds is 5. The van der Waals surface area contributed by atoms with Gasteiger partial charge < -0.3 is 13.9 Å². The highest BCUT2D eigenvalue weighted by Crippen LogP contribution is 2.33. The molecule has 0 amide bonds. The zero-order valence-electron chi connectivity index (χ0n) is 11.4. The lowest BCUT2D eigenvalue weighted by Crippen LogP contribution is -2.11. The van der Waals surface area contributed by atoms with E-state index in [0.29, 0.717) is 34.8 Å². The molecule has 0 saturated heterocycles. The van der Waals surface area contributed by atoms with Gasteiger partial charge >= 0.3 is 0 Å². The first kappa shape index (κ1) is 13.4. The van der Waals surface area contributed by atoms with Gasteiger partial charge in [0.1, 0.15) is 11.0 Å². The van der Waals surface area contributed by atoms with E-state index in [1.54, 1.807) is 12.1 Å². The van der Waals surface area contributed by atoms with Crippen molar-refractivity contribution in [3.8, 4) is 11.5 Å². The van der Waals surface area contributed by atoms with Gasteiger partial charge in [-0.2, -0.15) is 4.98 Å². The van der Waals surface area contributed by atoms with E-state index in [9.17, 15) is 4.79 Å². The molecule has 5 heteroatoms. The number of benzene rings is 1. The molecule has 0 saturated carbocycles. The lowest BCUT2D eigenvalue weighted by molar-refractivity contribution is 0.357. The maximum atomic E-state index is 12.1. The number of hydrogen-bond donors (Lipinski definition) is 0. The average molecular weight is 263 g/mol. The number of nitrogens with zero attached hydrogens (tertiary/aromatic N) is 1. The number of fused-ring (bicyclic) bond motifs is 1. The van der Waals surface area contributed by atoms with Crippen LogP contribution in [-0.2, 0) is 6.42 Å². The van der Waals surface area contributed by atoms with Crippen LogP contribution in [0.2, 0.25) is 0 Å². The predicted octanol–water partition coefficient (Wildman–Crippen LogP) is 2.55. The highest BCUT2D eigenvalue weighted by Gasteiger charge is 2.15. The lowest BCUT2D eigenvalue weighted by atomic mass is 10.2. The van der Waals surface area contributed by atoms with Crippen LogP contribution in [0.3, 0.4) is 0 Å². The minimum Gasteiger partial charge on any atom is -0.493 e. The highest BCUT2D eigenvalue weighted by atomic mass is 16.5. The third-order valence-corrected chi connectivity index (χ3v) is 2.92. The van der Waals surface area contributed by atoms with E-state index >= 15 is 0 Å². The third kappa shape index (κ3) is 2.54. The Morgan fingerprint density at radius 2 is 2.05 bits per heavy atom. The molecule has 0 unspecified atom stereocenters. The molecule has 0 fully saturated rings. The van der Waals surface area contributed by atoms with Crippen LogP contribution in [0.5, 0.6) is 11.5 Å². The Kier molecular flexibility index (Phi) is 4.04. The summed E-state index contributed by atoms with van der Waals surface area (Å²) < 4.78 is 16.0. The highest BCUT2D eigenvalue weighted by molar-refractivity contribution is 5.85. The fourth-order valence-corrected chi connectivity index (χ4v) is 1.95. The standard InChI is InChI=1S/C14H17NO4/c1-4-5-6-11-15-14(16)12-9(19-11)7-8-10(17-2)13(12)18-3/h7-8H,4-6H2,1-3H3. The van der Waals surface area contributed by atoms with E-state index in [1.807, 2.05) is 0 Å². The van der Waals surface area contributed by atoms with Gasteiger partial charge in [-0.05, 0) is 18.6 Å². The fraction of sp³-hybridized carbons (Fsp3) is 0.429. The lowest BCUT2D eigenvalue weighted by Gasteiger charge is -2.09. The first-order valence-electron chi connectivity index (χ1n) is 6.26. The van der Waals surface area contributed by atoms with Gasteiger partial charge in [-0.25, -0.2) is 0 Å². The summed E-state index contributed by atoms with van der Waals surface area (Å²) in [5.41, 5.74) is 0.131. The fourth-order valence-electron chi connectivity index (χ4n) is 1.95. The summed E-state index contributed by atoms with van der Waals surface area (Å²) in [6.45, 7) is 2.08. The monoisotopic (exact) mass is 263 g/mol. The number of ether oxygens (including phenoxy) is 2. The van der Waals surface area contributed by atoms with E-state index in [4.69, 9.17) is 13.9 Å². The Morgan fingerprint density at radius 3 is 2.68 bits per heavy atom. The van der Waals surface area contributed by atoms with E-state index in [2.05, 4.69) is 11.9 Å². The minimum atomic E-state index is -0.344. The maximum absolute atomic E-state index is 12.1. The first-order chi connectivity index (χ1) is 9.21. The molecular formula is C14H17NO4. The summed E-state index contributed by atoms with van der Waals surface area (Å²) in [6.07, 6.45) is 2.63. The van der Waals surface area contributed by atoms with Crippen LogP contribution < -0.4 is 15.0 Å². The summed E-state index contributed by atoms with van der Waals surface area (Å²) in [5.74, 6) is 1.32. The van der Waals surface area contributed by atoms with Crippen molar-refractivity contribution >= 4 is 11.0 Å². The second-order valence-electron chi connectivity index (χ2n) is 4.19. The van der Waals surface area contributed by atoms with Crippen molar-refractivity contribution < 1.29 is 13.9 Å². The molecule has 0 N–H and O–H groups in total. The van der Waals surface area contributed by atoms with E-state index in [1.165, 1.54) is 14.2 Å². The molecule has 0 aliphatic carbocycles. The van der Waals surface area contributed by atoms with Crippen molar-refractivity contribution in [1.82, 2.24) is 4.98 Å². The normalized spacial score (nSPS) is 10.7. The molecule has 0 aliphatic rings. The number of hydrogen-bond acceptors (Lipinski definition) is 5. The molecule has 1 aromatic heterocycles. The van der Waals surface area contributed by atoms with Gasteiger partial charge in [0.15, 0.2) is 17.4 Å². The van der Waals surface area contributed by atoms with Gasteiger partial charge in [-0.3, -0.25) is 4.79 Å². The second kappa shape index (κ2) is 5.73. The molecule has 1 heterocycles. The van der Waals surface area contributed by atoms with Crippen LogP contribution in [-0.4, -0.2) is 19.2 Å². The molecule has 19 heavy (non-hydrogen) atoms. The molecular weight excluding hydrogens is 246 g/mol. The largest absolute Gasteiger partial charge is 0.493 e. The summed E-state index contributed by atoms with van der Waals surface area (Å²) in [6, 6.07) is 3.42. The molecule has 0 radical (unpaired) electrons. The van der Waals surface area contributed by atoms with Gasteiger partial charge in [0.25, 0.3) is 5.56 Å². The molecule has 0 aliphatic heterocycles. The molecule has 0 bridgehead atoms. The molecule has 0 atom stereocenters. The summed E-state index contributed by atoms with van der Waals surface area (Å²) in [5, 5.41) is 0.321. The molecule has 2 aromatic rings. The minimum absolute atomic E-state index is 0.321. The number of unbranched alkanes of at least 4 members (excludes halogenated alkanes) is 1. The Labute approximate surface area is 111 Å². The molecule has 0 spiro atoms. The Morgan fingerprint density at radius 1 is 1.26 bits per heavy atom. The zero-order chi connectivity index (χ0) is 13.8. The van der Waals surface area contributed by atoms with Crippen LogP contribution in [0.4, 0.5) is 0 Å². The van der Waals surface area contributed by atoms with Crippen molar-refractivity contribution in [1.29, 1.82) is 0 Å². The number of aryl methyl sites for hydroxylation is 1. The smallest absolute Gasteiger partial charge is 0.287 e. The summed E-state index contributed by atoms with van der Waals surface area (Å²) in [4.78, 5) is 16.1. The number of methoxy groups -OCH3 is 2. The summed E-state index contributed by atoms with van der Waals surface area (Å²) in [7, 11) is 3.01. The van der Waals surface area contributed by atoms with Crippen molar-refractivity contribution in [3.05, 3.63) is 28.4 Å². The van der Waals surface area contributed by atoms with Gasteiger partial charge in [0.2, 0.25) is 0 Å². The third-order valence-electron chi connectivity index (χ3n) is 2.92. The van der Waals surface area contributed by atoms with Crippen LogP contribution in [0.25, 0.3) is 11.0 Å². The van der Waals surface area contributed by atoms with Crippen molar-refractivity contribution in [2.75, 3.05) is 14.2 Å². The average Bonchev–Trinajstić information content (AvgIpc) is 2.43. The maximum Gasteiger partial charge on any atom is 0.287 e. The van der Waals surface area contributed by atoms with E-state index < -0.39 is 0 Å².